The van der Waals surface area contributed by atoms with E-state index in [-0.39, 0.29) is 11.9 Å². The lowest BCUT2D eigenvalue weighted by molar-refractivity contribution is -0.132. The Hall–Kier alpha value is -2.20. The summed E-state index contributed by atoms with van der Waals surface area (Å²) in [7, 11) is 1.83. The van der Waals surface area contributed by atoms with Gasteiger partial charge in [-0.15, -0.1) is 12.3 Å². The van der Waals surface area contributed by atoms with Crippen LogP contribution in [0.25, 0.3) is 0 Å². The zero-order valence-electron chi connectivity index (χ0n) is 14.6. The van der Waals surface area contributed by atoms with Crippen molar-refractivity contribution in [1.82, 2.24) is 14.7 Å². The van der Waals surface area contributed by atoms with E-state index in [1.54, 1.807) is 10.9 Å². The Morgan fingerprint density at radius 2 is 2.32 bits per heavy atom. The van der Waals surface area contributed by atoms with E-state index in [2.05, 4.69) is 21.2 Å². The highest BCUT2D eigenvalue weighted by atomic mass is 16.3. The van der Waals surface area contributed by atoms with Gasteiger partial charge in [0.05, 0.1) is 12.3 Å². The van der Waals surface area contributed by atoms with Gasteiger partial charge in [-0.1, -0.05) is 0 Å². The van der Waals surface area contributed by atoms with Crippen LogP contribution in [0, 0.1) is 12.3 Å². The minimum atomic E-state index is -0.595. The van der Waals surface area contributed by atoms with E-state index >= 15 is 0 Å². The standard InChI is InChI=1S/C18H25N5O2/c1-3-4-8-18(20-21-18)9-7-17(25)23-10-5-6-15(23)11-16(24)14-12-19-22(2)13-14/h1,12-13,15-16,24H,4-11H2,2H3. The molecular weight excluding hydrogens is 318 g/mol. The molecule has 3 rings (SSSR count). The normalized spacial score (nSPS) is 22.0. The van der Waals surface area contributed by atoms with Gasteiger partial charge in [0.2, 0.25) is 5.91 Å². The molecule has 0 spiro atoms. The van der Waals surface area contributed by atoms with Gasteiger partial charge in [-0.2, -0.15) is 15.3 Å². The molecule has 1 aromatic rings. The maximum Gasteiger partial charge on any atom is 0.222 e. The smallest absolute Gasteiger partial charge is 0.222 e. The second-order valence-corrected chi connectivity index (χ2v) is 6.97. The summed E-state index contributed by atoms with van der Waals surface area (Å²) in [4.78, 5) is 14.5. The van der Waals surface area contributed by atoms with Crippen LogP contribution < -0.4 is 0 Å². The summed E-state index contributed by atoms with van der Waals surface area (Å²) < 4.78 is 1.68. The number of carbonyl (C=O) groups is 1. The van der Waals surface area contributed by atoms with Gasteiger partial charge in [-0.05, 0) is 19.3 Å². The van der Waals surface area contributed by atoms with E-state index in [4.69, 9.17) is 6.42 Å². The Kier molecular flexibility index (Phi) is 5.19. The van der Waals surface area contributed by atoms with Crippen molar-refractivity contribution in [2.75, 3.05) is 6.54 Å². The molecule has 1 aromatic heterocycles. The Labute approximate surface area is 148 Å². The second-order valence-electron chi connectivity index (χ2n) is 6.97. The molecule has 0 aliphatic carbocycles. The zero-order chi connectivity index (χ0) is 17.9. The first kappa shape index (κ1) is 17.6. The summed E-state index contributed by atoms with van der Waals surface area (Å²) in [6.45, 7) is 0.759. The largest absolute Gasteiger partial charge is 0.388 e. The number of aryl methyl sites for hydroxylation is 1. The predicted molar refractivity (Wildman–Crippen MR) is 92.4 cm³/mol. The van der Waals surface area contributed by atoms with Crippen LogP contribution in [-0.2, 0) is 11.8 Å². The van der Waals surface area contributed by atoms with Crippen molar-refractivity contribution in [3.8, 4) is 12.3 Å². The molecule has 1 fully saturated rings. The first-order valence-electron chi connectivity index (χ1n) is 8.86. The number of amides is 1. The molecule has 2 unspecified atom stereocenters. The van der Waals surface area contributed by atoms with Crippen molar-refractivity contribution in [3.05, 3.63) is 18.0 Å². The van der Waals surface area contributed by atoms with E-state index in [1.165, 1.54) is 0 Å². The van der Waals surface area contributed by atoms with E-state index < -0.39 is 11.8 Å². The summed E-state index contributed by atoms with van der Waals surface area (Å²) in [6, 6.07) is 0.0810. The van der Waals surface area contributed by atoms with E-state index in [0.29, 0.717) is 25.7 Å². The molecule has 134 valence electrons. The quantitative estimate of drug-likeness (QED) is 0.735. The van der Waals surface area contributed by atoms with Crippen LogP contribution in [0.5, 0.6) is 0 Å². The van der Waals surface area contributed by atoms with Crippen LogP contribution in [0.15, 0.2) is 22.6 Å². The highest BCUT2D eigenvalue weighted by Crippen LogP contribution is 2.38. The van der Waals surface area contributed by atoms with Crippen molar-refractivity contribution in [3.63, 3.8) is 0 Å². The molecule has 25 heavy (non-hydrogen) atoms. The van der Waals surface area contributed by atoms with E-state index in [9.17, 15) is 9.90 Å². The van der Waals surface area contributed by atoms with Gasteiger partial charge in [0.1, 0.15) is 0 Å². The van der Waals surface area contributed by atoms with Crippen LogP contribution >= 0.6 is 0 Å². The number of nitrogens with zero attached hydrogens (tertiary/aromatic N) is 5. The van der Waals surface area contributed by atoms with Crippen molar-refractivity contribution in [1.29, 1.82) is 0 Å². The topological polar surface area (TPSA) is 83.1 Å². The van der Waals surface area contributed by atoms with Crippen molar-refractivity contribution in [2.24, 2.45) is 17.3 Å². The fraction of sp³-hybridized carbons (Fsp3) is 0.667. The SMILES string of the molecule is C#CCCC1(CCC(=O)N2CCCC2CC(O)c2cnn(C)c2)N=N1. The van der Waals surface area contributed by atoms with E-state index in [1.807, 2.05) is 18.1 Å². The van der Waals surface area contributed by atoms with Gasteiger partial charge in [-0.25, -0.2) is 0 Å². The lowest BCUT2D eigenvalue weighted by Crippen LogP contribution is -2.37. The molecule has 2 atom stereocenters. The number of hydrogen-bond donors (Lipinski definition) is 1. The number of terminal acetylenes is 1. The lowest BCUT2D eigenvalue weighted by atomic mass is 10.0. The second kappa shape index (κ2) is 7.36. The number of aliphatic hydroxyl groups is 1. The number of likely N-dealkylation sites (tertiary alicyclic amines) is 1. The molecule has 1 N–H and O–H groups in total. The third kappa shape index (κ3) is 4.26. The average Bonchev–Trinajstić information content (AvgIpc) is 2.99. The zero-order valence-corrected chi connectivity index (χ0v) is 14.6. The van der Waals surface area contributed by atoms with E-state index in [0.717, 1.165) is 31.4 Å². The lowest BCUT2D eigenvalue weighted by Gasteiger charge is -2.26. The molecule has 0 saturated carbocycles. The molecule has 7 nitrogen and oxygen atoms in total. The molecule has 1 amide bonds. The highest BCUT2D eigenvalue weighted by Gasteiger charge is 2.40. The molecule has 0 radical (unpaired) electrons. The number of rotatable bonds is 8. The number of aromatic nitrogens is 2. The molecule has 7 heteroatoms. The summed E-state index contributed by atoms with van der Waals surface area (Å²) in [5, 5.41) is 22.7. The molecule has 0 aromatic carbocycles. The average molecular weight is 343 g/mol. The van der Waals surface area contributed by atoms with Crippen molar-refractivity contribution in [2.45, 2.75) is 62.8 Å². The third-order valence-corrected chi connectivity index (χ3v) is 5.09. The minimum Gasteiger partial charge on any atom is -0.388 e. The highest BCUT2D eigenvalue weighted by molar-refractivity contribution is 5.77. The van der Waals surface area contributed by atoms with Gasteiger partial charge < -0.3 is 10.0 Å². The van der Waals surface area contributed by atoms with Crippen LogP contribution in [-0.4, -0.2) is 43.9 Å². The predicted octanol–water partition coefficient (Wildman–Crippen LogP) is 2.19. The maximum absolute atomic E-state index is 12.6. The fourth-order valence-corrected chi connectivity index (χ4v) is 3.53. The third-order valence-electron chi connectivity index (χ3n) is 5.09. The Morgan fingerprint density at radius 1 is 1.52 bits per heavy atom. The number of aliphatic hydroxyl groups excluding tert-OH is 1. The molecule has 0 bridgehead atoms. The molecule has 1 saturated heterocycles. The van der Waals surface area contributed by atoms with Gasteiger partial charge in [-0.3, -0.25) is 9.48 Å². The van der Waals surface area contributed by atoms with Crippen molar-refractivity contribution >= 4 is 5.91 Å². The Bertz CT molecular complexity index is 684. The molecule has 2 aliphatic rings. The molecule has 2 aliphatic heterocycles. The minimum absolute atomic E-state index is 0.0810. The number of hydrogen-bond acceptors (Lipinski definition) is 5. The van der Waals surface area contributed by atoms with Gasteiger partial charge >= 0.3 is 0 Å². The first-order chi connectivity index (χ1) is 12.0. The van der Waals surface area contributed by atoms with Gasteiger partial charge in [0.15, 0.2) is 5.66 Å². The summed E-state index contributed by atoms with van der Waals surface area (Å²) >= 11 is 0. The van der Waals surface area contributed by atoms with Crippen molar-refractivity contribution < 1.29 is 9.90 Å². The maximum atomic E-state index is 12.6. The monoisotopic (exact) mass is 343 g/mol. The fourth-order valence-electron chi connectivity index (χ4n) is 3.53. The summed E-state index contributed by atoms with van der Waals surface area (Å²) in [6.07, 6.45) is 13.1. The van der Waals surface area contributed by atoms with Crippen LogP contribution in [0.2, 0.25) is 0 Å². The summed E-state index contributed by atoms with van der Waals surface area (Å²) in [5.41, 5.74) is 0.387. The van der Waals surface area contributed by atoms with Crippen LogP contribution in [0.4, 0.5) is 0 Å². The Morgan fingerprint density at radius 3 is 2.96 bits per heavy atom. The van der Waals surface area contributed by atoms with Crippen LogP contribution in [0.1, 0.15) is 56.6 Å². The Balaban J connectivity index is 1.51. The number of carbonyl (C=O) groups excluding carboxylic acids is 1. The van der Waals surface area contributed by atoms with Crippen LogP contribution in [0.3, 0.4) is 0 Å². The first-order valence-corrected chi connectivity index (χ1v) is 8.86. The van der Waals surface area contributed by atoms with Gasteiger partial charge in [0.25, 0.3) is 0 Å². The summed E-state index contributed by atoms with van der Waals surface area (Å²) in [5.74, 6) is 2.73. The van der Waals surface area contributed by atoms with Gasteiger partial charge in [0, 0.05) is 57.1 Å². The molecular formula is C18H25N5O2. The molecule has 3 heterocycles.